The minimum atomic E-state index is -3.62. The van der Waals surface area contributed by atoms with E-state index in [1.807, 2.05) is 20.0 Å². The molecule has 154 valence electrons. The van der Waals surface area contributed by atoms with E-state index in [1.165, 1.54) is 23.1 Å². The molecule has 2 rings (SSSR count). The lowest BCUT2D eigenvalue weighted by Crippen LogP contribution is -2.38. The third-order valence-electron chi connectivity index (χ3n) is 3.72. The first kappa shape index (κ1) is 22.1. The highest BCUT2D eigenvalue weighted by Gasteiger charge is 2.11. The summed E-state index contributed by atoms with van der Waals surface area (Å²) in [7, 11) is -3.62. The van der Waals surface area contributed by atoms with E-state index in [9.17, 15) is 12.8 Å². The van der Waals surface area contributed by atoms with E-state index in [2.05, 4.69) is 25.3 Å². The van der Waals surface area contributed by atoms with E-state index in [1.54, 1.807) is 18.3 Å². The van der Waals surface area contributed by atoms with Crippen molar-refractivity contribution in [1.29, 1.82) is 0 Å². The number of hydrogen-bond donors (Lipinski definition) is 3. The average molecular weight is 428 g/mol. The van der Waals surface area contributed by atoms with Crippen LogP contribution in [0.25, 0.3) is 0 Å². The van der Waals surface area contributed by atoms with Gasteiger partial charge in [0.05, 0.1) is 23.0 Å². The Morgan fingerprint density at radius 1 is 1.29 bits per heavy atom. The Labute approximate surface area is 169 Å². The molecule has 28 heavy (non-hydrogen) atoms. The summed E-state index contributed by atoms with van der Waals surface area (Å²) >= 11 is 1.65. The molecule has 10 heteroatoms. The number of halogens is 1. The molecule has 0 aliphatic rings. The van der Waals surface area contributed by atoms with Crippen molar-refractivity contribution in [1.82, 2.24) is 15.6 Å². The van der Waals surface area contributed by atoms with Crippen LogP contribution in [0.4, 0.5) is 10.1 Å². The van der Waals surface area contributed by atoms with Gasteiger partial charge in [-0.25, -0.2) is 17.8 Å². The van der Waals surface area contributed by atoms with E-state index >= 15 is 0 Å². The first-order chi connectivity index (χ1) is 13.3. The van der Waals surface area contributed by atoms with Gasteiger partial charge in [0.15, 0.2) is 5.96 Å². The van der Waals surface area contributed by atoms with Gasteiger partial charge in [-0.2, -0.15) is 0 Å². The lowest BCUT2D eigenvalue weighted by molar-refractivity contribution is 0.600. The summed E-state index contributed by atoms with van der Waals surface area (Å²) < 4.78 is 40.3. The number of anilines is 1. The van der Waals surface area contributed by atoms with Crippen LogP contribution in [0.5, 0.6) is 0 Å². The highest BCUT2D eigenvalue weighted by atomic mass is 32.2. The number of hydrogen-bond acceptors (Lipinski definition) is 5. The molecule has 0 spiro atoms. The maximum atomic E-state index is 13.6. The zero-order valence-electron chi connectivity index (χ0n) is 16.3. The fourth-order valence-corrected chi connectivity index (χ4v) is 4.02. The average Bonchev–Trinajstić information content (AvgIpc) is 3.03. The maximum absolute atomic E-state index is 13.6. The molecule has 0 saturated carbocycles. The molecule has 0 aliphatic carbocycles. The van der Waals surface area contributed by atoms with E-state index in [-0.39, 0.29) is 18.0 Å². The fraction of sp³-hybridized carbons (Fsp3) is 0.444. The molecule has 1 aromatic heterocycles. The lowest BCUT2D eigenvalue weighted by atomic mass is 10.2. The number of guanidine groups is 1. The Morgan fingerprint density at radius 3 is 2.71 bits per heavy atom. The van der Waals surface area contributed by atoms with Gasteiger partial charge in [-0.1, -0.05) is 6.07 Å². The first-order valence-electron chi connectivity index (χ1n) is 8.99. The first-order valence-corrected chi connectivity index (χ1v) is 11.5. The smallest absolute Gasteiger partial charge is 0.234 e. The Balaban J connectivity index is 1.85. The molecule has 2 aromatic rings. The number of aromatic nitrogens is 1. The van der Waals surface area contributed by atoms with Crippen molar-refractivity contribution >= 4 is 33.0 Å². The van der Waals surface area contributed by atoms with Crippen molar-refractivity contribution in [3.05, 3.63) is 45.7 Å². The minimum absolute atomic E-state index is 0.0787. The number of benzene rings is 1. The van der Waals surface area contributed by atoms with Crippen molar-refractivity contribution in [2.45, 2.75) is 27.2 Å². The zero-order chi connectivity index (χ0) is 20.6. The van der Waals surface area contributed by atoms with Crippen molar-refractivity contribution < 1.29 is 12.8 Å². The summed E-state index contributed by atoms with van der Waals surface area (Å²) in [5.74, 6) is -0.107. The van der Waals surface area contributed by atoms with Crippen LogP contribution in [-0.4, -0.2) is 44.7 Å². The van der Waals surface area contributed by atoms with Crippen LogP contribution in [0, 0.1) is 19.7 Å². The van der Waals surface area contributed by atoms with Gasteiger partial charge < -0.3 is 10.6 Å². The van der Waals surface area contributed by atoms with Gasteiger partial charge in [-0.15, -0.1) is 11.3 Å². The number of sulfonamides is 1. The number of nitrogens with zero attached hydrogens (tertiary/aromatic N) is 2. The monoisotopic (exact) mass is 427 g/mol. The SMILES string of the molecule is CCNC(=NCCS(=O)(=O)Nc1ccc(C)c(F)c1)NCCc1ncc(C)s1. The Morgan fingerprint density at radius 2 is 2.07 bits per heavy atom. The number of aliphatic imine (C=N–C) groups is 1. The molecule has 0 bridgehead atoms. The molecule has 0 aliphatic heterocycles. The van der Waals surface area contributed by atoms with Crippen LogP contribution >= 0.6 is 11.3 Å². The van der Waals surface area contributed by atoms with Crippen molar-refractivity contribution in [3.63, 3.8) is 0 Å². The van der Waals surface area contributed by atoms with Crippen molar-refractivity contribution in [2.24, 2.45) is 4.99 Å². The number of aryl methyl sites for hydroxylation is 2. The minimum Gasteiger partial charge on any atom is -0.357 e. The summed E-state index contributed by atoms with van der Waals surface area (Å²) in [5.41, 5.74) is 0.665. The van der Waals surface area contributed by atoms with Crippen molar-refractivity contribution in [3.8, 4) is 0 Å². The number of rotatable bonds is 9. The standard InChI is InChI=1S/C18H26FN5O2S2/c1-4-20-18(21-8-7-17-23-12-14(3)27-17)22-9-10-28(25,26)24-15-6-5-13(2)16(19)11-15/h5-6,11-12,24H,4,7-10H2,1-3H3,(H2,20,21,22). The molecule has 1 heterocycles. The number of nitrogens with one attached hydrogen (secondary N) is 3. The Hall–Kier alpha value is -2.20. The van der Waals surface area contributed by atoms with Gasteiger partial charge in [0.2, 0.25) is 10.0 Å². The van der Waals surface area contributed by atoms with Crippen LogP contribution in [0.1, 0.15) is 22.4 Å². The molecule has 0 fully saturated rings. The van der Waals surface area contributed by atoms with Gasteiger partial charge in [0, 0.05) is 30.6 Å². The Kier molecular flexibility index (Phi) is 8.18. The van der Waals surface area contributed by atoms with Gasteiger partial charge in [0.25, 0.3) is 0 Å². The van der Waals surface area contributed by atoms with E-state index in [4.69, 9.17) is 0 Å². The predicted molar refractivity (Wildman–Crippen MR) is 113 cm³/mol. The Bertz CT molecular complexity index is 912. The third kappa shape index (κ3) is 7.43. The second-order valence-electron chi connectivity index (χ2n) is 6.19. The van der Waals surface area contributed by atoms with Crippen LogP contribution in [0.3, 0.4) is 0 Å². The normalized spacial score (nSPS) is 12.1. The van der Waals surface area contributed by atoms with E-state index < -0.39 is 15.8 Å². The fourth-order valence-electron chi connectivity index (χ4n) is 2.31. The molecule has 0 amide bonds. The highest BCUT2D eigenvalue weighted by molar-refractivity contribution is 7.92. The summed E-state index contributed by atoms with van der Waals surface area (Å²) in [5, 5.41) is 7.29. The van der Waals surface area contributed by atoms with Crippen LogP contribution in [-0.2, 0) is 16.4 Å². The molecule has 1 aromatic carbocycles. The molecule has 0 saturated heterocycles. The van der Waals surface area contributed by atoms with Crippen molar-refractivity contribution in [2.75, 3.05) is 30.1 Å². The predicted octanol–water partition coefficient (Wildman–Crippen LogP) is 2.44. The molecule has 7 nitrogen and oxygen atoms in total. The summed E-state index contributed by atoms with van der Waals surface area (Å²) in [6.45, 7) is 6.95. The zero-order valence-corrected chi connectivity index (χ0v) is 17.9. The molecular weight excluding hydrogens is 401 g/mol. The van der Waals surface area contributed by atoms with Crippen LogP contribution < -0.4 is 15.4 Å². The van der Waals surface area contributed by atoms with Gasteiger partial charge in [0.1, 0.15) is 5.82 Å². The molecule has 0 atom stereocenters. The van der Waals surface area contributed by atoms with E-state index in [0.717, 1.165) is 11.4 Å². The topological polar surface area (TPSA) is 95.5 Å². The second kappa shape index (κ2) is 10.4. The van der Waals surface area contributed by atoms with Gasteiger partial charge in [-0.05, 0) is 38.5 Å². The third-order valence-corrected chi connectivity index (χ3v) is 5.96. The molecule has 3 N–H and O–H groups in total. The number of thiazole rings is 1. The highest BCUT2D eigenvalue weighted by Crippen LogP contribution is 2.15. The van der Waals surface area contributed by atoms with Crippen LogP contribution in [0.2, 0.25) is 0 Å². The molecule has 0 radical (unpaired) electrons. The van der Waals surface area contributed by atoms with E-state index in [0.29, 0.717) is 24.6 Å². The summed E-state index contributed by atoms with van der Waals surface area (Å²) in [6.07, 6.45) is 2.61. The van der Waals surface area contributed by atoms with Gasteiger partial charge >= 0.3 is 0 Å². The summed E-state index contributed by atoms with van der Waals surface area (Å²) in [6, 6.07) is 4.23. The molecule has 0 unspecified atom stereocenters. The largest absolute Gasteiger partial charge is 0.357 e. The van der Waals surface area contributed by atoms with Gasteiger partial charge in [-0.3, -0.25) is 9.71 Å². The quantitative estimate of drug-likeness (QED) is 0.422. The lowest BCUT2D eigenvalue weighted by Gasteiger charge is -2.11. The summed E-state index contributed by atoms with van der Waals surface area (Å²) in [4.78, 5) is 9.77. The second-order valence-corrected chi connectivity index (χ2v) is 9.35. The van der Waals surface area contributed by atoms with Crippen LogP contribution in [0.15, 0.2) is 29.4 Å². The molecular formula is C18H26FN5O2S2. The maximum Gasteiger partial charge on any atom is 0.234 e.